The third-order valence-electron chi connectivity index (χ3n) is 2.63. The van der Waals surface area contributed by atoms with Crippen molar-refractivity contribution in [2.24, 2.45) is 5.73 Å². The average Bonchev–Trinajstić information content (AvgIpc) is 2.46. The minimum atomic E-state index is -0.345. The van der Waals surface area contributed by atoms with Gasteiger partial charge in [-0.15, -0.1) is 12.4 Å². The topological polar surface area (TPSA) is 52.3 Å². The lowest BCUT2D eigenvalue weighted by molar-refractivity contribution is 0.0481. The van der Waals surface area contributed by atoms with Crippen LogP contribution in [0.4, 0.5) is 0 Å². The van der Waals surface area contributed by atoms with Crippen LogP contribution >= 0.6 is 12.4 Å². The number of rotatable bonds is 4. The molecule has 0 saturated carbocycles. The van der Waals surface area contributed by atoms with Crippen LogP contribution in [-0.2, 0) is 4.74 Å². The molecule has 0 aliphatic rings. The van der Waals surface area contributed by atoms with E-state index in [1.165, 1.54) is 0 Å². The van der Waals surface area contributed by atoms with Crippen LogP contribution in [0.15, 0.2) is 60.7 Å². The van der Waals surface area contributed by atoms with Crippen LogP contribution in [0.5, 0.6) is 0 Å². The van der Waals surface area contributed by atoms with Crippen LogP contribution in [0.2, 0.25) is 0 Å². The van der Waals surface area contributed by atoms with Crippen molar-refractivity contribution in [1.82, 2.24) is 0 Å². The molecule has 0 aliphatic heterocycles. The molecule has 2 rings (SSSR count). The van der Waals surface area contributed by atoms with E-state index in [2.05, 4.69) is 0 Å². The van der Waals surface area contributed by atoms with Crippen molar-refractivity contribution < 1.29 is 9.53 Å². The second-order valence-electron chi connectivity index (χ2n) is 3.98. The van der Waals surface area contributed by atoms with Gasteiger partial charge in [-0.05, 0) is 17.7 Å². The monoisotopic (exact) mass is 277 g/mol. The number of hydrogen-bond donors (Lipinski definition) is 1. The van der Waals surface area contributed by atoms with Gasteiger partial charge in [-0.25, -0.2) is 4.79 Å². The second kappa shape index (κ2) is 7.56. The Morgan fingerprint density at radius 1 is 1.00 bits per heavy atom. The fraction of sp³-hybridized carbons (Fsp3) is 0.133. The Kier molecular flexibility index (Phi) is 6.06. The molecule has 19 heavy (non-hydrogen) atoms. The van der Waals surface area contributed by atoms with Crippen LogP contribution < -0.4 is 5.73 Å². The number of esters is 1. The minimum absolute atomic E-state index is 0. The summed E-state index contributed by atoms with van der Waals surface area (Å²) in [6.07, 6.45) is 0. The third-order valence-corrected chi connectivity index (χ3v) is 2.63. The number of carbonyl (C=O) groups is 1. The summed E-state index contributed by atoms with van der Waals surface area (Å²) in [5, 5.41) is 0. The summed E-state index contributed by atoms with van der Waals surface area (Å²) >= 11 is 0. The van der Waals surface area contributed by atoms with Gasteiger partial charge in [-0.2, -0.15) is 0 Å². The van der Waals surface area contributed by atoms with Crippen molar-refractivity contribution in [3.63, 3.8) is 0 Å². The van der Waals surface area contributed by atoms with Gasteiger partial charge in [0, 0.05) is 0 Å². The summed E-state index contributed by atoms with van der Waals surface area (Å²) in [6, 6.07) is 18.2. The molecule has 0 aromatic heterocycles. The van der Waals surface area contributed by atoms with Gasteiger partial charge < -0.3 is 10.5 Å². The summed E-state index contributed by atoms with van der Waals surface area (Å²) in [4.78, 5) is 11.7. The molecule has 0 spiro atoms. The molecule has 0 amide bonds. The number of carbonyl (C=O) groups excluding carboxylic acids is 1. The van der Waals surface area contributed by atoms with Gasteiger partial charge >= 0.3 is 5.97 Å². The van der Waals surface area contributed by atoms with Crippen LogP contribution in [-0.4, -0.2) is 12.6 Å². The number of halogens is 1. The highest BCUT2D eigenvalue weighted by atomic mass is 35.5. The lowest BCUT2D eigenvalue weighted by Crippen LogP contribution is -2.19. The maximum Gasteiger partial charge on any atom is 0.338 e. The molecule has 4 heteroatoms. The maximum absolute atomic E-state index is 11.7. The molecular formula is C15H16ClNO2. The fourth-order valence-corrected chi connectivity index (χ4v) is 1.62. The van der Waals surface area contributed by atoms with Crippen molar-refractivity contribution in [3.8, 4) is 0 Å². The Morgan fingerprint density at radius 2 is 1.53 bits per heavy atom. The van der Waals surface area contributed by atoms with Gasteiger partial charge in [0.2, 0.25) is 0 Å². The zero-order chi connectivity index (χ0) is 12.8. The summed E-state index contributed by atoms with van der Waals surface area (Å²) in [5.74, 6) is -0.345. The largest absolute Gasteiger partial charge is 0.460 e. The van der Waals surface area contributed by atoms with E-state index >= 15 is 0 Å². The highest BCUT2D eigenvalue weighted by Crippen LogP contribution is 2.10. The zero-order valence-electron chi connectivity index (χ0n) is 10.4. The molecule has 2 N–H and O–H groups in total. The molecule has 1 atom stereocenters. The first kappa shape index (κ1) is 15.2. The molecule has 0 aliphatic carbocycles. The number of hydrogen-bond acceptors (Lipinski definition) is 3. The Labute approximate surface area is 118 Å². The summed E-state index contributed by atoms with van der Waals surface area (Å²) in [5.41, 5.74) is 7.44. The van der Waals surface area contributed by atoms with Crippen molar-refractivity contribution in [3.05, 3.63) is 71.8 Å². The average molecular weight is 278 g/mol. The van der Waals surface area contributed by atoms with Gasteiger partial charge in [0.05, 0.1) is 11.6 Å². The summed E-state index contributed by atoms with van der Waals surface area (Å²) in [6.45, 7) is 0.178. The first-order chi connectivity index (χ1) is 8.77. The Balaban J connectivity index is 0.00000180. The van der Waals surface area contributed by atoms with E-state index in [1.807, 2.05) is 36.4 Å². The quantitative estimate of drug-likeness (QED) is 0.874. The van der Waals surface area contributed by atoms with Crippen LogP contribution in [0.25, 0.3) is 0 Å². The van der Waals surface area contributed by atoms with Crippen molar-refractivity contribution in [2.75, 3.05) is 6.61 Å². The fourth-order valence-electron chi connectivity index (χ4n) is 1.62. The smallest absolute Gasteiger partial charge is 0.338 e. The van der Waals surface area contributed by atoms with E-state index in [4.69, 9.17) is 10.5 Å². The molecule has 0 heterocycles. The molecule has 100 valence electrons. The first-order valence-corrected chi connectivity index (χ1v) is 5.80. The Bertz CT molecular complexity index is 502. The van der Waals surface area contributed by atoms with E-state index < -0.39 is 0 Å². The zero-order valence-corrected chi connectivity index (χ0v) is 11.2. The van der Waals surface area contributed by atoms with Gasteiger partial charge in [-0.1, -0.05) is 48.5 Å². The first-order valence-electron chi connectivity index (χ1n) is 5.80. The van der Waals surface area contributed by atoms with E-state index in [0.29, 0.717) is 5.56 Å². The second-order valence-corrected chi connectivity index (χ2v) is 3.98. The molecule has 2 aromatic rings. The van der Waals surface area contributed by atoms with E-state index in [0.717, 1.165) is 5.56 Å². The molecule has 0 unspecified atom stereocenters. The Hall–Kier alpha value is -1.84. The lowest BCUT2D eigenvalue weighted by atomic mass is 10.1. The predicted molar refractivity (Wildman–Crippen MR) is 77.3 cm³/mol. The number of ether oxygens (including phenoxy) is 1. The maximum atomic E-state index is 11.7. The molecule has 0 fully saturated rings. The van der Waals surface area contributed by atoms with Crippen molar-refractivity contribution >= 4 is 18.4 Å². The van der Waals surface area contributed by atoms with Gasteiger partial charge in [0.25, 0.3) is 0 Å². The van der Waals surface area contributed by atoms with Crippen LogP contribution in [0, 0.1) is 0 Å². The van der Waals surface area contributed by atoms with E-state index in [1.54, 1.807) is 24.3 Å². The van der Waals surface area contributed by atoms with Gasteiger partial charge in [-0.3, -0.25) is 0 Å². The predicted octanol–water partition coefficient (Wildman–Crippen LogP) is 2.97. The van der Waals surface area contributed by atoms with E-state index in [9.17, 15) is 4.79 Å². The van der Waals surface area contributed by atoms with Gasteiger partial charge in [0.1, 0.15) is 6.61 Å². The van der Waals surface area contributed by atoms with Crippen LogP contribution in [0.3, 0.4) is 0 Å². The lowest BCUT2D eigenvalue weighted by Gasteiger charge is -2.12. The highest BCUT2D eigenvalue weighted by Gasteiger charge is 2.10. The summed E-state index contributed by atoms with van der Waals surface area (Å²) < 4.78 is 5.18. The molecule has 0 saturated heterocycles. The highest BCUT2D eigenvalue weighted by molar-refractivity contribution is 5.89. The molecular weight excluding hydrogens is 262 g/mol. The summed E-state index contributed by atoms with van der Waals surface area (Å²) in [7, 11) is 0. The minimum Gasteiger partial charge on any atom is -0.460 e. The number of nitrogens with two attached hydrogens (primary N) is 1. The van der Waals surface area contributed by atoms with Crippen molar-refractivity contribution in [2.45, 2.75) is 6.04 Å². The van der Waals surface area contributed by atoms with Gasteiger partial charge in [0.15, 0.2) is 0 Å². The standard InChI is InChI=1S/C15H15NO2.ClH/c16-14(12-7-3-1-4-8-12)11-18-15(17)13-9-5-2-6-10-13;/h1-10,14H,11,16H2;1H/t14-;/m0./s1. The molecule has 2 aromatic carbocycles. The SMILES string of the molecule is Cl.N[C@@H](COC(=O)c1ccccc1)c1ccccc1. The van der Waals surface area contributed by atoms with E-state index in [-0.39, 0.29) is 31.0 Å². The van der Waals surface area contributed by atoms with Crippen molar-refractivity contribution in [1.29, 1.82) is 0 Å². The normalized spacial score (nSPS) is 11.2. The Morgan fingerprint density at radius 3 is 2.11 bits per heavy atom. The molecule has 0 radical (unpaired) electrons. The third kappa shape index (κ3) is 4.39. The molecule has 0 bridgehead atoms. The van der Waals surface area contributed by atoms with Crippen LogP contribution in [0.1, 0.15) is 22.0 Å². The molecule has 3 nitrogen and oxygen atoms in total. The number of benzene rings is 2.